The molecule has 160 valence electrons. The van der Waals surface area contributed by atoms with Gasteiger partial charge in [0.15, 0.2) is 0 Å². The maximum Gasteiger partial charge on any atom is 0.320 e. The first-order valence-corrected chi connectivity index (χ1v) is 11.2. The van der Waals surface area contributed by atoms with Crippen molar-refractivity contribution in [3.05, 3.63) is 0 Å². The Morgan fingerprint density at radius 2 is 1.86 bits per heavy atom. The van der Waals surface area contributed by atoms with Crippen LogP contribution in [0.2, 0.25) is 0 Å². The Morgan fingerprint density at radius 1 is 1.10 bits per heavy atom. The number of carbonyl (C=O) groups is 3. The third-order valence-corrected chi connectivity index (χ3v) is 8.04. The number of carbonyl (C=O) groups excluding carboxylic acids is 3. The number of rotatable bonds is 2. The maximum absolute atomic E-state index is 13.3. The second kappa shape index (κ2) is 7.15. The molecule has 0 spiro atoms. The van der Waals surface area contributed by atoms with Crippen molar-refractivity contribution in [3.63, 3.8) is 0 Å². The van der Waals surface area contributed by atoms with Gasteiger partial charge in [0.2, 0.25) is 11.8 Å². The van der Waals surface area contributed by atoms with Gasteiger partial charge < -0.3 is 25.5 Å². The molecule has 4 aliphatic carbocycles. The van der Waals surface area contributed by atoms with Crippen LogP contribution in [0, 0.1) is 23.2 Å². The normalized spacial score (nSPS) is 41.3. The van der Waals surface area contributed by atoms with Crippen LogP contribution in [0.15, 0.2) is 0 Å². The monoisotopic (exact) mass is 404 g/mol. The van der Waals surface area contributed by atoms with Gasteiger partial charge >= 0.3 is 6.03 Å². The molecule has 4 saturated carbocycles. The van der Waals surface area contributed by atoms with Crippen molar-refractivity contribution >= 4 is 17.8 Å². The van der Waals surface area contributed by atoms with Gasteiger partial charge in [-0.2, -0.15) is 0 Å². The van der Waals surface area contributed by atoms with E-state index in [4.69, 9.17) is 0 Å². The minimum Gasteiger partial charge on any atom is -0.393 e. The quantitative estimate of drug-likeness (QED) is 0.616. The Labute approximate surface area is 171 Å². The zero-order valence-electron chi connectivity index (χ0n) is 16.9. The van der Waals surface area contributed by atoms with Crippen LogP contribution in [0.3, 0.4) is 0 Å². The molecule has 0 radical (unpaired) electrons. The number of amides is 4. The van der Waals surface area contributed by atoms with E-state index in [1.807, 2.05) is 0 Å². The standard InChI is InChI=1S/C21H32N4O4/c26-17-12-25(5-3-22-17)20(29)24-4-1-2-16(11-24)23-19(28)21-8-13-6-14(9-21)18(27)15(7-13)10-21/h13-16,18,27H,1-12H2,(H,22,26)(H,23,28)/t13?,14?,15?,16-,18?,21?/m0/s1. The van der Waals surface area contributed by atoms with Crippen LogP contribution < -0.4 is 10.6 Å². The molecule has 4 bridgehead atoms. The van der Waals surface area contributed by atoms with Crippen molar-refractivity contribution in [2.24, 2.45) is 23.2 Å². The second-order valence-electron chi connectivity index (χ2n) is 10.1. The lowest BCUT2D eigenvalue weighted by Crippen LogP contribution is -2.61. The van der Waals surface area contributed by atoms with Crippen molar-refractivity contribution in [3.8, 4) is 0 Å². The third-order valence-electron chi connectivity index (χ3n) is 8.04. The number of likely N-dealkylation sites (tertiary alicyclic amines) is 1. The van der Waals surface area contributed by atoms with Crippen molar-refractivity contribution < 1.29 is 19.5 Å². The van der Waals surface area contributed by atoms with Gasteiger partial charge in [-0.1, -0.05) is 0 Å². The minimum atomic E-state index is -0.313. The molecule has 8 heteroatoms. The van der Waals surface area contributed by atoms with Gasteiger partial charge in [-0.25, -0.2) is 4.79 Å². The van der Waals surface area contributed by atoms with E-state index in [2.05, 4.69) is 10.6 Å². The largest absolute Gasteiger partial charge is 0.393 e. The van der Waals surface area contributed by atoms with Gasteiger partial charge in [0.05, 0.1) is 11.5 Å². The minimum absolute atomic E-state index is 0.0308. The van der Waals surface area contributed by atoms with E-state index < -0.39 is 0 Å². The molecule has 6 aliphatic rings. The number of piperidine rings is 1. The highest BCUT2D eigenvalue weighted by Crippen LogP contribution is 2.60. The average molecular weight is 405 g/mol. The molecule has 2 unspecified atom stereocenters. The van der Waals surface area contributed by atoms with Crippen molar-refractivity contribution in [1.82, 2.24) is 20.4 Å². The van der Waals surface area contributed by atoms with Crippen LogP contribution in [0.5, 0.6) is 0 Å². The summed E-state index contributed by atoms with van der Waals surface area (Å²) in [5, 5.41) is 16.5. The summed E-state index contributed by atoms with van der Waals surface area (Å²) in [6.45, 7) is 2.33. The third kappa shape index (κ3) is 3.39. The highest BCUT2D eigenvalue weighted by Gasteiger charge is 2.58. The van der Waals surface area contributed by atoms with Gasteiger partial charge in [0.25, 0.3) is 0 Å². The SMILES string of the molecule is O=C1CN(C(=O)N2CCC[C@H](NC(=O)C34CC5CC(C3)C(O)C(C5)C4)C2)CCN1. The van der Waals surface area contributed by atoms with E-state index in [1.165, 1.54) is 0 Å². The number of urea groups is 1. The molecule has 3 N–H and O–H groups in total. The van der Waals surface area contributed by atoms with Crippen molar-refractivity contribution in [1.29, 1.82) is 0 Å². The maximum atomic E-state index is 13.3. The summed E-state index contributed by atoms with van der Waals surface area (Å²) < 4.78 is 0. The summed E-state index contributed by atoms with van der Waals surface area (Å²) in [4.78, 5) is 41.1. The summed E-state index contributed by atoms with van der Waals surface area (Å²) >= 11 is 0. The number of nitrogens with one attached hydrogen (secondary N) is 2. The summed E-state index contributed by atoms with van der Waals surface area (Å²) in [6, 6.07) is -0.131. The molecule has 6 rings (SSSR count). The molecule has 0 aromatic heterocycles. The number of hydrogen-bond donors (Lipinski definition) is 3. The average Bonchev–Trinajstić information content (AvgIpc) is 2.71. The molecule has 0 aromatic rings. The molecule has 6 fully saturated rings. The highest BCUT2D eigenvalue weighted by molar-refractivity contribution is 5.85. The molecule has 0 aromatic carbocycles. The van der Waals surface area contributed by atoms with E-state index in [-0.39, 0.29) is 53.8 Å². The Hall–Kier alpha value is -1.83. The smallest absolute Gasteiger partial charge is 0.320 e. The Balaban J connectivity index is 1.21. The molecule has 8 nitrogen and oxygen atoms in total. The van der Waals surface area contributed by atoms with E-state index >= 15 is 0 Å². The fourth-order valence-corrected chi connectivity index (χ4v) is 6.88. The molecular weight excluding hydrogens is 372 g/mol. The number of hydrogen-bond acceptors (Lipinski definition) is 4. The molecular formula is C21H32N4O4. The fourth-order valence-electron chi connectivity index (χ4n) is 6.88. The Morgan fingerprint density at radius 3 is 2.59 bits per heavy atom. The first kappa shape index (κ1) is 19.2. The van der Waals surface area contributed by atoms with E-state index in [0.29, 0.717) is 32.1 Å². The molecule has 2 heterocycles. The number of aliphatic hydroxyl groups excluding tert-OH is 1. The predicted octanol–water partition coefficient (Wildman–Crippen LogP) is 0.306. The number of aliphatic hydroxyl groups is 1. The van der Waals surface area contributed by atoms with E-state index in [1.54, 1.807) is 9.80 Å². The molecule has 2 aliphatic heterocycles. The lowest BCUT2D eigenvalue weighted by Gasteiger charge is -2.58. The summed E-state index contributed by atoms with van der Waals surface area (Å²) in [5.41, 5.74) is -0.313. The molecule has 2 saturated heterocycles. The zero-order valence-corrected chi connectivity index (χ0v) is 16.9. The zero-order chi connectivity index (χ0) is 20.2. The van der Waals surface area contributed by atoms with Crippen molar-refractivity contribution in [2.75, 3.05) is 32.7 Å². The van der Waals surface area contributed by atoms with Crippen LogP contribution >= 0.6 is 0 Å². The van der Waals surface area contributed by atoms with Crippen LogP contribution in [0.1, 0.15) is 44.9 Å². The van der Waals surface area contributed by atoms with Crippen molar-refractivity contribution in [2.45, 2.75) is 57.1 Å². The second-order valence-corrected chi connectivity index (χ2v) is 10.1. The first-order valence-electron chi connectivity index (χ1n) is 11.2. The van der Waals surface area contributed by atoms with Crippen LogP contribution in [0.25, 0.3) is 0 Å². The number of nitrogens with zero attached hydrogens (tertiary/aromatic N) is 2. The van der Waals surface area contributed by atoms with Gasteiger partial charge in [-0.05, 0) is 62.7 Å². The van der Waals surface area contributed by atoms with Gasteiger partial charge in [-0.3, -0.25) is 9.59 Å². The number of piperazine rings is 1. The van der Waals surface area contributed by atoms with Gasteiger partial charge in [0.1, 0.15) is 6.54 Å². The lowest BCUT2D eigenvalue weighted by atomic mass is 9.48. The lowest BCUT2D eigenvalue weighted by molar-refractivity contribution is -0.163. The highest BCUT2D eigenvalue weighted by atomic mass is 16.3. The van der Waals surface area contributed by atoms with Crippen LogP contribution in [-0.4, -0.2) is 77.6 Å². The van der Waals surface area contributed by atoms with Crippen LogP contribution in [0.4, 0.5) is 4.79 Å². The summed E-state index contributed by atoms with van der Waals surface area (Å²) in [5.74, 6) is 1.16. The first-order chi connectivity index (χ1) is 13.9. The molecule has 3 atom stereocenters. The van der Waals surface area contributed by atoms with E-state index in [0.717, 1.165) is 44.9 Å². The summed E-state index contributed by atoms with van der Waals surface area (Å²) in [6.07, 6.45) is 6.23. The predicted molar refractivity (Wildman–Crippen MR) is 105 cm³/mol. The fraction of sp³-hybridized carbons (Fsp3) is 0.857. The topological polar surface area (TPSA) is 102 Å². The Kier molecular flexibility index (Phi) is 4.72. The van der Waals surface area contributed by atoms with E-state index in [9.17, 15) is 19.5 Å². The van der Waals surface area contributed by atoms with Gasteiger partial charge in [0, 0.05) is 32.2 Å². The van der Waals surface area contributed by atoms with Crippen LogP contribution in [-0.2, 0) is 9.59 Å². The Bertz CT molecular complexity index is 697. The molecule has 4 amide bonds. The van der Waals surface area contributed by atoms with Gasteiger partial charge in [-0.15, -0.1) is 0 Å². The molecule has 29 heavy (non-hydrogen) atoms. The summed E-state index contributed by atoms with van der Waals surface area (Å²) in [7, 11) is 0.